The molecule has 2 heterocycles. The molecule has 2 atom stereocenters. The lowest BCUT2D eigenvalue weighted by Gasteiger charge is -2.14. The zero-order valence-electron chi connectivity index (χ0n) is 10.2. The van der Waals surface area contributed by atoms with Crippen molar-refractivity contribution < 1.29 is 4.74 Å². The highest BCUT2D eigenvalue weighted by molar-refractivity contribution is 6.20. The summed E-state index contributed by atoms with van der Waals surface area (Å²) in [6.07, 6.45) is 3.64. The monoisotopic (exact) mass is 253 g/mol. The van der Waals surface area contributed by atoms with Crippen LogP contribution in [-0.4, -0.2) is 27.7 Å². The molecule has 0 saturated carbocycles. The lowest BCUT2D eigenvalue weighted by Crippen LogP contribution is -2.16. The summed E-state index contributed by atoms with van der Waals surface area (Å²) in [6.45, 7) is 4.68. The molecule has 0 aliphatic rings. The standard InChI is InChI=1S/C12H16ClN3O/c1-8(17-3)7-16-11-4-5-14-6-10(11)15-12(16)9(2)13/h4-6,8-9H,7H2,1-3H3. The van der Waals surface area contributed by atoms with E-state index in [0.717, 1.165) is 23.4 Å². The molecule has 0 saturated heterocycles. The first-order chi connectivity index (χ1) is 8.13. The van der Waals surface area contributed by atoms with Gasteiger partial charge in [0.05, 0.1) is 29.7 Å². The predicted octanol–water partition coefficient (Wildman–Crippen LogP) is 2.77. The molecule has 2 aromatic rings. The molecule has 0 aliphatic heterocycles. The van der Waals surface area contributed by atoms with Gasteiger partial charge in [-0.05, 0) is 19.9 Å². The minimum absolute atomic E-state index is 0.120. The number of fused-ring (bicyclic) bond motifs is 1. The molecule has 0 bridgehead atoms. The van der Waals surface area contributed by atoms with Gasteiger partial charge >= 0.3 is 0 Å². The molecule has 4 nitrogen and oxygen atoms in total. The van der Waals surface area contributed by atoms with Crippen LogP contribution >= 0.6 is 11.6 Å². The number of alkyl halides is 1. The van der Waals surface area contributed by atoms with Crippen LogP contribution in [0.3, 0.4) is 0 Å². The number of aromatic nitrogens is 3. The van der Waals surface area contributed by atoms with Crippen molar-refractivity contribution in [1.29, 1.82) is 0 Å². The van der Waals surface area contributed by atoms with Crippen molar-refractivity contribution in [1.82, 2.24) is 14.5 Å². The Balaban J connectivity index is 2.52. The van der Waals surface area contributed by atoms with Crippen molar-refractivity contribution >= 4 is 22.6 Å². The van der Waals surface area contributed by atoms with Gasteiger partial charge in [-0.3, -0.25) is 4.98 Å². The van der Waals surface area contributed by atoms with Crippen LogP contribution in [0, 0.1) is 0 Å². The quantitative estimate of drug-likeness (QED) is 0.787. The van der Waals surface area contributed by atoms with Crippen LogP contribution in [0.4, 0.5) is 0 Å². The maximum absolute atomic E-state index is 6.16. The topological polar surface area (TPSA) is 39.9 Å². The van der Waals surface area contributed by atoms with Gasteiger partial charge in [-0.2, -0.15) is 0 Å². The number of nitrogens with zero attached hydrogens (tertiary/aromatic N) is 3. The molecule has 2 unspecified atom stereocenters. The first-order valence-corrected chi connectivity index (χ1v) is 6.04. The summed E-state index contributed by atoms with van der Waals surface area (Å²) in [5.41, 5.74) is 1.92. The number of pyridine rings is 1. The average molecular weight is 254 g/mol. The largest absolute Gasteiger partial charge is 0.380 e. The van der Waals surface area contributed by atoms with Gasteiger partial charge in [0, 0.05) is 13.3 Å². The third kappa shape index (κ3) is 2.42. The molecule has 17 heavy (non-hydrogen) atoms. The molecule has 0 N–H and O–H groups in total. The van der Waals surface area contributed by atoms with Gasteiger partial charge in [0.2, 0.25) is 0 Å². The molecule has 0 spiro atoms. The van der Waals surface area contributed by atoms with Crippen LogP contribution in [-0.2, 0) is 11.3 Å². The van der Waals surface area contributed by atoms with Crippen molar-refractivity contribution in [3.8, 4) is 0 Å². The summed E-state index contributed by atoms with van der Waals surface area (Å²) < 4.78 is 7.40. The highest BCUT2D eigenvalue weighted by Crippen LogP contribution is 2.24. The molecule has 0 aliphatic carbocycles. The molecule has 0 radical (unpaired) electrons. The van der Waals surface area contributed by atoms with E-state index in [4.69, 9.17) is 16.3 Å². The number of hydrogen-bond acceptors (Lipinski definition) is 3. The van der Waals surface area contributed by atoms with Crippen molar-refractivity contribution in [2.24, 2.45) is 0 Å². The second-order valence-electron chi connectivity index (χ2n) is 4.11. The van der Waals surface area contributed by atoms with Crippen LogP contribution in [0.15, 0.2) is 18.5 Å². The minimum Gasteiger partial charge on any atom is -0.380 e. The van der Waals surface area contributed by atoms with Crippen LogP contribution in [0.1, 0.15) is 25.0 Å². The molecule has 2 aromatic heterocycles. The fourth-order valence-corrected chi connectivity index (χ4v) is 1.99. The smallest absolute Gasteiger partial charge is 0.127 e. The summed E-state index contributed by atoms with van der Waals surface area (Å²) in [7, 11) is 1.70. The average Bonchev–Trinajstić information content (AvgIpc) is 2.68. The van der Waals surface area contributed by atoms with Gasteiger partial charge in [-0.25, -0.2) is 4.98 Å². The van der Waals surface area contributed by atoms with Crippen LogP contribution in [0.2, 0.25) is 0 Å². The van der Waals surface area contributed by atoms with Crippen molar-refractivity contribution in [3.05, 3.63) is 24.3 Å². The maximum Gasteiger partial charge on any atom is 0.127 e. The van der Waals surface area contributed by atoms with Gasteiger partial charge in [0.15, 0.2) is 0 Å². The van der Waals surface area contributed by atoms with Gasteiger partial charge < -0.3 is 9.30 Å². The summed E-state index contributed by atoms with van der Waals surface area (Å²) in [4.78, 5) is 8.59. The fourth-order valence-electron chi connectivity index (χ4n) is 1.83. The van der Waals surface area contributed by atoms with E-state index < -0.39 is 0 Å². The molecular weight excluding hydrogens is 238 g/mol. The second-order valence-corrected chi connectivity index (χ2v) is 4.76. The number of ether oxygens (including phenoxy) is 1. The molecule has 0 fully saturated rings. The lowest BCUT2D eigenvalue weighted by molar-refractivity contribution is 0.103. The molecule has 5 heteroatoms. The first-order valence-electron chi connectivity index (χ1n) is 5.60. The molecule has 2 rings (SSSR count). The van der Waals surface area contributed by atoms with Gasteiger partial charge in [0.1, 0.15) is 11.3 Å². The Labute approximate surface area is 106 Å². The summed E-state index contributed by atoms with van der Waals surface area (Å²) >= 11 is 6.16. The third-order valence-electron chi connectivity index (χ3n) is 2.78. The van der Waals surface area contributed by atoms with E-state index >= 15 is 0 Å². The highest BCUT2D eigenvalue weighted by atomic mass is 35.5. The number of halogens is 1. The van der Waals surface area contributed by atoms with E-state index in [1.165, 1.54) is 0 Å². The SMILES string of the molecule is COC(C)Cn1c(C(C)Cl)nc2cnccc21. The Kier molecular flexibility index (Phi) is 3.64. The second kappa shape index (κ2) is 5.02. The number of imidazole rings is 1. The van der Waals surface area contributed by atoms with Gasteiger partial charge in [-0.1, -0.05) is 0 Å². The minimum atomic E-state index is -0.133. The summed E-state index contributed by atoms with van der Waals surface area (Å²) in [6, 6.07) is 1.95. The first kappa shape index (κ1) is 12.3. The maximum atomic E-state index is 6.16. The predicted molar refractivity (Wildman–Crippen MR) is 68.3 cm³/mol. The Morgan fingerprint density at radius 2 is 2.24 bits per heavy atom. The Hall–Kier alpha value is -1.13. The van der Waals surface area contributed by atoms with Gasteiger partial charge in [-0.15, -0.1) is 11.6 Å². The zero-order valence-corrected chi connectivity index (χ0v) is 11.0. The molecule has 0 aromatic carbocycles. The van der Waals surface area contributed by atoms with Crippen molar-refractivity contribution in [2.75, 3.05) is 7.11 Å². The number of hydrogen-bond donors (Lipinski definition) is 0. The van der Waals surface area contributed by atoms with E-state index in [1.54, 1.807) is 19.5 Å². The Morgan fingerprint density at radius 3 is 2.88 bits per heavy atom. The normalized spacial score (nSPS) is 15.1. The number of rotatable bonds is 4. The summed E-state index contributed by atoms with van der Waals surface area (Å²) in [5, 5.41) is -0.133. The molecular formula is C12H16ClN3O. The third-order valence-corrected chi connectivity index (χ3v) is 2.97. The molecule has 92 valence electrons. The highest BCUT2D eigenvalue weighted by Gasteiger charge is 2.16. The van der Waals surface area contributed by atoms with Crippen LogP contribution in [0.5, 0.6) is 0 Å². The summed E-state index contributed by atoms with van der Waals surface area (Å²) in [5.74, 6) is 0.860. The Morgan fingerprint density at radius 1 is 1.47 bits per heavy atom. The van der Waals surface area contributed by atoms with Gasteiger partial charge in [0.25, 0.3) is 0 Å². The fraction of sp³-hybridized carbons (Fsp3) is 0.500. The number of methoxy groups -OCH3 is 1. The molecule has 0 amide bonds. The van der Waals surface area contributed by atoms with E-state index in [0.29, 0.717) is 0 Å². The van der Waals surface area contributed by atoms with E-state index in [1.807, 2.05) is 19.9 Å². The zero-order chi connectivity index (χ0) is 12.4. The van der Waals surface area contributed by atoms with E-state index in [9.17, 15) is 0 Å². The van der Waals surface area contributed by atoms with E-state index in [-0.39, 0.29) is 11.5 Å². The van der Waals surface area contributed by atoms with Crippen molar-refractivity contribution in [3.63, 3.8) is 0 Å². The van der Waals surface area contributed by atoms with Crippen LogP contribution < -0.4 is 0 Å². The van der Waals surface area contributed by atoms with Crippen LogP contribution in [0.25, 0.3) is 11.0 Å². The Bertz CT molecular complexity index is 509. The lowest BCUT2D eigenvalue weighted by atomic mass is 10.3. The van der Waals surface area contributed by atoms with Crippen molar-refractivity contribution in [2.45, 2.75) is 31.9 Å². The van der Waals surface area contributed by atoms with E-state index in [2.05, 4.69) is 14.5 Å².